The average Bonchev–Trinajstić information content (AvgIpc) is 3.37. The lowest BCUT2D eigenvalue weighted by atomic mass is 10.1. The number of anilines is 2. The zero-order valence-corrected chi connectivity index (χ0v) is 24.3. The van der Waals surface area contributed by atoms with Gasteiger partial charge in [-0.25, -0.2) is 4.79 Å². The fraction of sp³-hybridized carbons (Fsp3) is 0.273. The molecule has 0 unspecified atom stereocenters. The fourth-order valence-corrected chi connectivity index (χ4v) is 6.54. The van der Waals surface area contributed by atoms with Gasteiger partial charge in [-0.1, -0.05) is 41.5 Å². The van der Waals surface area contributed by atoms with Gasteiger partial charge < -0.3 is 19.3 Å². The molecule has 0 bridgehead atoms. The molecular weight excluding hydrogens is 664 g/mol. The Morgan fingerprint density at radius 1 is 1.19 bits per heavy atom. The number of hydrogen-bond donors (Lipinski definition) is 2. The lowest BCUT2D eigenvalue weighted by molar-refractivity contribution is -0.666. The Labute approximate surface area is 235 Å². The van der Waals surface area contributed by atoms with Gasteiger partial charge in [-0.2, -0.15) is 8.42 Å². The molecule has 0 fully saturated rings. The summed E-state index contributed by atoms with van der Waals surface area (Å²) >= 11 is 16.0. The number of carboxylic acids is 1. The standard InChI is InChI=1S/C22H20Cl2IN3O6S2/c1-3-12(6-20-27(10-21(29)30)17-9-18(25)35-22(17)34-20)5-19-26(4-2)15-7-13(23)14(24)8-16(15)28(19)11-36(31,32)33/h5-9H,3-4,10-11H2,1-2H3,(H-,29,30,31,32,33)/p+1. The number of carboxylic acid groups (broad SMARTS) is 1. The predicted octanol–water partition coefficient (Wildman–Crippen LogP) is 5.60. The molecule has 1 aliphatic heterocycles. The van der Waals surface area contributed by atoms with Crippen LogP contribution >= 0.6 is 57.1 Å². The Bertz CT molecular complexity index is 1530. The smallest absolute Gasteiger partial charge is 0.375 e. The van der Waals surface area contributed by atoms with Gasteiger partial charge in [0, 0.05) is 12.6 Å². The van der Waals surface area contributed by atoms with Crippen LogP contribution in [0.15, 0.2) is 40.1 Å². The van der Waals surface area contributed by atoms with Crippen LogP contribution in [0.3, 0.4) is 0 Å². The van der Waals surface area contributed by atoms with Crippen LogP contribution in [-0.4, -0.2) is 36.5 Å². The molecule has 4 rings (SSSR count). The summed E-state index contributed by atoms with van der Waals surface area (Å²) in [5.41, 5.74) is 2.55. The fourth-order valence-electron chi connectivity index (χ4n) is 3.98. The molecule has 0 amide bonds. The molecule has 9 nitrogen and oxygen atoms in total. The van der Waals surface area contributed by atoms with E-state index in [2.05, 4.69) is 22.6 Å². The van der Waals surface area contributed by atoms with Gasteiger partial charge in [-0.3, -0.25) is 4.55 Å². The quantitative estimate of drug-likeness (QED) is 0.179. The maximum absolute atomic E-state index is 11.9. The minimum atomic E-state index is -4.40. The van der Waals surface area contributed by atoms with E-state index in [1.165, 1.54) is 16.2 Å². The van der Waals surface area contributed by atoms with Gasteiger partial charge in [-0.15, -0.1) is 4.57 Å². The molecule has 0 aliphatic carbocycles. The molecule has 2 aromatic heterocycles. The monoisotopic (exact) mass is 684 g/mol. The zero-order chi connectivity index (χ0) is 26.4. The maximum Gasteiger partial charge on any atom is 0.375 e. The Kier molecular flexibility index (Phi) is 7.93. The molecule has 14 heteroatoms. The third kappa shape index (κ3) is 5.53. The normalized spacial score (nSPS) is 15.4. The van der Waals surface area contributed by atoms with Crippen molar-refractivity contribution in [2.45, 2.75) is 26.8 Å². The molecule has 1 aliphatic rings. The van der Waals surface area contributed by atoms with E-state index < -0.39 is 22.0 Å². The number of oxazole rings is 1. The van der Waals surface area contributed by atoms with Crippen LogP contribution < -0.4 is 14.4 Å². The maximum atomic E-state index is 11.9. The van der Waals surface area contributed by atoms with Crippen LogP contribution in [0.2, 0.25) is 10.0 Å². The van der Waals surface area contributed by atoms with E-state index in [0.717, 1.165) is 8.46 Å². The number of aliphatic carboxylic acids is 1. The molecule has 2 N–H and O–H groups in total. The van der Waals surface area contributed by atoms with Crippen molar-refractivity contribution in [3.05, 3.63) is 54.5 Å². The van der Waals surface area contributed by atoms with Crippen molar-refractivity contribution in [1.29, 1.82) is 0 Å². The largest absolute Gasteiger partial charge is 0.477 e. The van der Waals surface area contributed by atoms with Crippen molar-refractivity contribution in [2.24, 2.45) is 0 Å². The highest BCUT2D eigenvalue weighted by atomic mass is 127. The van der Waals surface area contributed by atoms with Crippen LogP contribution in [0.5, 0.6) is 0 Å². The summed E-state index contributed by atoms with van der Waals surface area (Å²) in [6.07, 6.45) is 4.04. The number of halogens is 3. The third-order valence-electron chi connectivity index (χ3n) is 5.49. The number of benzene rings is 1. The first kappa shape index (κ1) is 27.2. The second-order valence-corrected chi connectivity index (χ2v) is 13.0. The summed E-state index contributed by atoms with van der Waals surface area (Å²) in [5, 5.41) is 10.0. The number of nitrogens with zero attached hydrogens (tertiary/aromatic N) is 3. The summed E-state index contributed by atoms with van der Waals surface area (Å²) in [5.74, 6) is -0.851. The van der Waals surface area contributed by atoms with Crippen LogP contribution in [0, 0.1) is 2.88 Å². The Balaban J connectivity index is 1.87. The van der Waals surface area contributed by atoms with Gasteiger partial charge in [0.05, 0.1) is 30.4 Å². The second kappa shape index (κ2) is 10.5. The molecule has 0 radical (unpaired) electrons. The van der Waals surface area contributed by atoms with Crippen LogP contribution in [-0.2, 0) is 21.5 Å². The molecule has 3 aromatic rings. The van der Waals surface area contributed by atoms with Crippen molar-refractivity contribution >= 4 is 101 Å². The number of carbonyl (C=O) groups is 1. The van der Waals surface area contributed by atoms with Crippen molar-refractivity contribution < 1.29 is 31.9 Å². The van der Waals surface area contributed by atoms with Gasteiger partial charge in [-0.05, 0) is 59.7 Å². The van der Waals surface area contributed by atoms with Gasteiger partial charge in [0.1, 0.15) is 5.82 Å². The number of fused-ring (bicyclic) bond motifs is 2. The van der Waals surface area contributed by atoms with E-state index in [-0.39, 0.29) is 11.6 Å². The molecule has 192 valence electrons. The lowest BCUT2D eigenvalue weighted by Crippen LogP contribution is -2.39. The molecular formula is C22H21Cl2IN3O6S2+. The van der Waals surface area contributed by atoms with Gasteiger partial charge in [0.2, 0.25) is 6.54 Å². The molecule has 3 heterocycles. The lowest BCUT2D eigenvalue weighted by Gasteiger charge is -2.24. The molecule has 0 saturated heterocycles. The van der Waals surface area contributed by atoms with E-state index in [4.69, 9.17) is 27.6 Å². The molecule has 0 spiro atoms. The summed E-state index contributed by atoms with van der Waals surface area (Å²) in [7, 11) is -4.40. The minimum absolute atomic E-state index is 0.249. The topological polar surface area (TPSA) is 115 Å². The van der Waals surface area contributed by atoms with E-state index in [9.17, 15) is 22.9 Å². The molecule has 0 saturated carbocycles. The minimum Gasteiger partial charge on any atom is -0.477 e. The predicted molar refractivity (Wildman–Crippen MR) is 149 cm³/mol. The van der Waals surface area contributed by atoms with Crippen molar-refractivity contribution in [3.8, 4) is 0 Å². The first-order valence-corrected chi connectivity index (χ1v) is 14.9. The summed E-state index contributed by atoms with van der Waals surface area (Å²) in [4.78, 5) is 15.5. The Morgan fingerprint density at radius 3 is 2.39 bits per heavy atom. The number of rotatable bonds is 8. The third-order valence-corrected chi connectivity index (χ3v) is 8.56. The van der Waals surface area contributed by atoms with Gasteiger partial charge in [0.15, 0.2) is 5.88 Å². The second-order valence-electron chi connectivity index (χ2n) is 7.86. The first-order chi connectivity index (χ1) is 16.9. The van der Waals surface area contributed by atoms with Crippen molar-refractivity contribution in [3.63, 3.8) is 0 Å². The van der Waals surface area contributed by atoms with E-state index >= 15 is 0 Å². The Morgan fingerprint density at radius 2 is 1.83 bits per heavy atom. The van der Waals surface area contributed by atoms with Gasteiger partial charge in [0.25, 0.3) is 20.5 Å². The highest BCUT2D eigenvalue weighted by molar-refractivity contribution is 14.1. The molecule has 1 aromatic carbocycles. The van der Waals surface area contributed by atoms with E-state index in [1.54, 1.807) is 28.9 Å². The van der Waals surface area contributed by atoms with Gasteiger partial charge >= 0.3 is 11.9 Å². The molecule has 0 atom stereocenters. The number of thiophene rings is 1. The first-order valence-electron chi connectivity index (χ1n) is 10.7. The number of allylic oxidation sites excluding steroid dienone is 2. The van der Waals surface area contributed by atoms with Crippen molar-refractivity contribution in [1.82, 2.24) is 0 Å². The van der Waals surface area contributed by atoms with Crippen LogP contribution in [0.4, 0.5) is 11.4 Å². The van der Waals surface area contributed by atoms with E-state index in [0.29, 0.717) is 51.5 Å². The van der Waals surface area contributed by atoms with E-state index in [1.807, 2.05) is 24.8 Å². The highest BCUT2D eigenvalue weighted by Gasteiger charge is 2.34. The summed E-state index contributed by atoms with van der Waals surface area (Å²) < 4.78 is 42.0. The molecule has 36 heavy (non-hydrogen) atoms. The highest BCUT2D eigenvalue weighted by Crippen LogP contribution is 2.46. The average molecular weight is 685 g/mol. The summed E-state index contributed by atoms with van der Waals surface area (Å²) in [6.45, 7) is 4.01. The number of aromatic nitrogens is 1. The van der Waals surface area contributed by atoms with Crippen molar-refractivity contribution in [2.75, 3.05) is 22.2 Å². The SMILES string of the molecule is CCC(=Cc1oc2sc(I)cc2[n+]1CC(=O)O)C=C1N(CC)c2cc(Cl)c(Cl)cc2N1CS(=O)(=O)O. The number of hydrogen-bond acceptors (Lipinski definition) is 7. The zero-order valence-electron chi connectivity index (χ0n) is 19.0. The summed E-state index contributed by atoms with van der Waals surface area (Å²) in [6, 6.07) is 5.08. The Hall–Kier alpha value is -1.84. The van der Waals surface area contributed by atoms with Crippen LogP contribution in [0.1, 0.15) is 26.2 Å². The van der Waals surface area contributed by atoms with Crippen LogP contribution in [0.25, 0.3) is 16.5 Å².